The molecule has 0 aromatic heterocycles. The van der Waals surface area contributed by atoms with Gasteiger partial charge in [0.05, 0.1) is 18.1 Å². The summed E-state index contributed by atoms with van der Waals surface area (Å²) in [4.78, 5) is 28.6. The first-order chi connectivity index (χ1) is 17.9. The number of hydrogen-bond donors (Lipinski definition) is 3. The van der Waals surface area contributed by atoms with Gasteiger partial charge >= 0.3 is 5.97 Å². The van der Waals surface area contributed by atoms with Crippen LogP contribution in [0.2, 0.25) is 0 Å². The fourth-order valence-electron chi connectivity index (χ4n) is 12.6. The first kappa shape index (κ1) is 24.5. The van der Waals surface area contributed by atoms with Crippen LogP contribution in [0.3, 0.4) is 0 Å². The second-order valence-electron chi connectivity index (χ2n) is 15.5. The van der Waals surface area contributed by atoms with E-state index in [-0.39, 0.29) is 23.8 Å². The van der Waals surface area contributed by atoms with Gasteiger partial charge in [-0.2, -0.15) is 0 Å². The van der Waals surface area contributed by atoms with Crippen molar-refractivity contribution < 1.29 is 34.4 Å². The lowest BCUT2D eigenvalue weighted by atomic mass is 9.35. The van der Waals surface area contributed by atoms with Gasteiger partial charge in [0.25, 0.3) is 0 Å². The Morgan fingerprint density at radius 3 is 2.29 bits per heavy atom. The molecule has 8 aliphatic carbocycles. The highest BCUT2D eigenvalue weighted by molar-refractivity contribution is 6.05. The molecule has 8 bridgehead atoms. The fourth-order valence-corrected chi connectivity index (χ4v) is 12.6. The van der Waals surface area contributed by atoms with E-state index in [0.717, 1.165) is 19.3 Å². The van der Waals surface area contributed by atoms with Gasteiger partial charge < -0.3 is 24.8 Å². The molecule has 10 fully saturated rings. The third kappa shape index (κ3) is 2.46. The number of ether oxygens (including phenoxy) is 2. The van der Waals surface area contributed by atoms with Gasteiger partial charge in [0.1, 0.15) is 17.6 Å². The molecule has 7 nitrogen and oxygen atoms in total. The molecule has 38 heavy (non-hydrogen) atoms. The zero-order valence-electron chi connectivity index (χ0n) is 22.7. The lowest BCUT2D eigenvalue weighted by Gasteiger charge is -2.74. The van der Waals surface area contributed by atoms with Gasteiger partial charge in [-0.25, -0.2) is 0 Å². The normalized spacial score (nSPS) is 59.0. The molecule has 7 heteroatoms. The number of aliphatic hydroxyl groups excluding tert-OH is 2. The van der Waals surface area contributed by atoms with Crippen molar-refractivity contribution in [3.63, 3.8) is 0 Å². The number of hydrogen-bond acceptors (Lipinski definition) is 7. The minimum atomic E-state index is -2.19. The van der Waals surface area contributed by atoms with Crippen LogP contribution in [0.4, 0.5) is 0 Å². The Bertz CT molecular complexity index is 1110. The predicted molar refractivity (Wildman–Crippen MR) is 135 cm³/mol. The quantitative estimate of drug-likeness (QED) is 0.374. The Morgan fingerprint density at radius 1 is 1.03 bits per heavy atom. The molecule has 9 atom stereocenters. The largest absolute Gasteiger partial charge is 0.460 e. The summed E-state index contributed by atoms with van der Waals surface area (Å²) in [6.07, 6.45) is 5.54. The number of fused-ring (bicyclic) bond motifs is 2. The SMILES string of the molecule is C=C1C(=O)[C@]23[C@H](OC(=O)C45CC6CC(CC(C6)C4)C5)[C@H]1CC[C@H]2[C@@]12CO[C@]3(O)[C@@H](O)[C@@H]1C(C)(C)CC[C@@H]2O. The van der Waals surface area contributed by atoms with Gasteiger partial charge in [0, 0.05) is 17.3 Å². The Morgan fingerprint density at radius 2 is 1.66 bits per heavy atom. The second-order valence-corrected chi connectivity index (χ2v) is 15.5. The molecule has 0 amide bonds. The van der Waals surface area contributed by atoms with E-state index in [2.05, 4.69) is 20.4 Å². The molecule has 2 aliphatic heterocycles. The Hall–Kier alpha value is -1.28. The average molecular weight is 527 g/mol. The molecule has 0 aromatic carbocycles. The van der Waals surface area contributed by atoms with E-state index in [0.29, 0.717) is 49.0 Å². The van der Waals surface area contributed by atoms with Gasteiger partial charge in [-0.3, -0.25) is 9.59 Å². The second kappa shape index (κ2) is 7.13. The molecule has 8 saturated carbocycles. The van der Waals surface area contributed by atoms with Crippen molar-refractivity contribution in [1.82, 2.24) is 0 Å². The molecule has 3 N–H and O–H groups in total. The Balaban J connectivity index is 1.25. The van der Waals surface area contributed by atoms with Crippen molar-refractivity contribution in [2.24, 2.45) is 57.2 Å². The molecule has 10 rings (SSSR count). The highest BCUT2D eigenvalue weighted by Gasteiger charge is 2.87. The minimum absolute atomic E-state index is 0.0856. The van der Waals surface area contributed by atoms with Gasteiger partial charge in [-0.05, 0) is 98.9 Å². The number of esters is 1. The molecule has 208 valence electrons. The highest BCUT2D eigenvalue weighted by Crippen LogP contribution is 2.77. The lowest BCUT2D eigenvalue weighted by molar-refractivity contribution is -0.458. The predicted octanol–water partition coefficient (Wildman–Crippen LogP) is 3.14. The zero-order valence-corrected chi connectivity index (χ0v) is 22.7. The van der Waals surface area contributed by atoms with Crippen LogP contribution in [-0.2, 0) is 19.1 Å². The summed E-state index contributed by atoms with van der Waals surface area (Å²) in [7, 11) is 0. The maximum absolute atomic E-state index is 14.3. The Labute approximate surface area is 224 Å². The number of rotatable bonds is 2. The summed E-state index contributed by atoms with van der Waals surface area (Å²) >= 11 is 0. The number of Topliss-reactive ketones (excluding diaryl/α,β-unsaturated/α-hetero) is 1. The third-order valence-electron chi connectivity index (χ3n) is 13.6. The Kier molecular flexibility index (Phi) is 4.60. The summed E-state index contributed by atoms with van der Waals surface area (Å²) in [6.45, 7) is 8.40. The standard InChI is InChI=1S/C31H42O7/c1-15-19-4-5-20-29-14-37-31(36,24(34)22(29)27(2,3)7-6-21(29)32)30(20,23(15)33)25(19)38-26(35)28-11-16-8-17(12-28)10-18(9-16)13-28/h16-22,24-25,32,34,36H,1,4-14H2,2-3H3/t16?,17?,18?,19-,20-,21-,22+,24-,25+,28?,29+,30-,31+/m0/s1. The number of carbonyl (C=O) groups is 2. The maximum Gasteiger partial charge on any atom is 0.312 e. The van der Waals surface area contributed by atoms with E-state index in [1.807, 2.05) is 0 Å². The van der Waals surface area contributed by atoms with Gasteiger partial charge in [-0.1, -0.05) is 20.4 Å². The van der Waals surface area contributed by atoms with Crippen LogP contribution in [0, 0.1) is 57.2 Å². The zero-order chi connectivity index (χ0) is 26.6. The van der Waals surface area contributed by atoms with E-state index < -0.39 is 58.1 Å². The molecular formula is C31H42O7. The first-order valence-corrected chi connectivity index (χ1v) is 15.1. The van der Waals surface area contributed by atoms with Gasteiger partial charge in [-0.15, -0.1) is 0 Å². The van der Waals surface area contributed by atoms with E-state index in [4.69, 9.17) is 9.47 Å². The summed E-state index contributed by atoms with van der Waals surface area (Å²) < 4.78 is 12.7. The topological polar surface area (TPSA) is 113 Å². The highest BCUT2D eigenvalue weighted by atomic mass is 16.6. The number of carbonyl (C=O) groups excluding carboxylic acids is 2. The van der Waals surface area contributed by atoms with Crippen LogP contribution in [-0.4, -0.2) is 57.8 Å². The van der Waals surface area contributed by atoms with Crippen LogP contribution < -0.4 is 0 Å². The van der Waals surface area contributed by atoms with E-state index in [9.17, 15) is 24.9 Å². The van der Waals surface area contributed by atoms with Crippen LogP contribution in [0.5, 0.6) is 0 Å². The van der Waals surface area contributed by atoms with E-state index >= 15 is 0 Å². The van der Waals surface area contributed by atoms with E-state index in [1.165, 1.54) is 19.3 Å². The van der Waals surface area contributed by atoms with Crippen LogP contribution in [0.15, 0.2) is 12.2 Å². The number of ketones is 1. The fraction of sp³-hybridized carbons (Fsp3) is 0.871. The molecule has 10 aliphatic rings. The van der Waals surface area contributed by atoms with Gasteiger partial charge in [0.2, 0.25) is 5.79 Å². The van der Waals surface area contributed by atoms with Crippen molar-refractivity contribution in [2.45, 2.75) is 102 Å². The monoisotopic (exact) mass is 526 g/mol. The number of aliphatic hydroxyl groups is 3. The molecule has 2 heterocycles. The smallest absolute Gasteiger partial charge is 0.312 e. The average Bonchev–Trinajstić information content (AvgIpc) is 2.96. The van der Waals surface area contributed by atoms with Crippen molar-refractivity contribution in [2.75, 3.05) is 6.61 Å². The summed E-state index contributed by atoms with van der Waals surface area (Å²) in [5.74, 6) is -2.37. The minimum Gasteiger partial charge on any atom is -0.460 e. The molecule has 2 spiro atoms. The molecule has 0 unspecified atom stereocenters. The molecule has 2 saturated heterocycles. The van der Waals surface area contributed by atoms with Crippen molar-refractivity contribution in [3.8, 4) is 0 Å². The van der Waals surface area contributed by atoms with Crippen molar-refractivity contribution in [3.05, 3.63) is 12.2 Å². The lowest BCUT2D eigenvalue weighted by Crippen LogP contribution is -2.85. The molecule has 0 aromatic rings. The maximum atomic E-state index is 14.3. The van der Waals surface area contributed by atoms with Crippen molar-refractivity contribution in [1.29, 1.82) is 0 Å². The summed E-state index contributed by atoms with van der Waals surface area (Å²) in [5.41, 5.74) is -3.05. The van der Waals surface area contributed by atoms with E-state index in [1.54, 1.807) is 0 Å². The molecular weight excluding hydrogens is 484 g/mol. The van der Waals surface area contributed by atoms with Gasteiger partial charge in [0.15, 0.2) is 5.78 Å². The summed E-state index contributed by atoms with van der Waals surface area (Å²) in [6, 6.07) is 0. The van der Waals surface area contributed by atoms with Crippen molar-refractivity contribution >= 4 is 11.8 Å². The molecule has 0 radical (unpaired) electrons. The first-order valence-electron chi connectivity index (χ1n) is 15.1. The van der Waals surface area contributed by atoms with Crippen LogP contribution in [0.1, 0.15) is 78.1 Å². The van der Waals surface area contributed by atoms with Crippen LogP contribution in [0.25, 0.3) is 0 Å². The van der Waals surface area contributed by atoms with Crippen LogP contribution >= 0.6 is 0 Å². The summed E-state index contributed by atoms with van der Waals surface area (Å²) in [5, 5.41) is 36.0. The third-order valence-corrected chi connectivity index (χ3v) is 13.6.